The molecule has 0 bridgehead atoms. The smallest absolute Gasteiger partial charge is 0.410 e. The van der Waals surface area contributed by atoms with Crippen molar-refractivity contribution in [1.82, 2.24) is 28.4 Å². The maximum Gasteiger partial charge on any atom is 0.410 e. The van der Waals surface area contributed by atoms with Crippen LogP contribution < -0.4 is 4.74 Å². The summed E-state index contributed by atoms with van der Waals surface area (Å²) in [5.74, 6) is 1.62. The number of methoxy groups -OCH3 is 1. The Hall–Kier alpha value is -3.83. The van der Waals surface area contributed by atoms with Crippen LogP contribution in [0.4, 0.5) is 4.79 Å². The first-order valence-corrected chi connectivity index (χ1v) is 19.1. The molecule has 1 aromatic carbocycles. The van der Waals surface area contributed by atoms with E-state index in [-0.39, 0.29) is 12.1 Å². The van der Waals surface area contributed by atoms with Crippen molar-refractivity contribution in [1.29, 1.82) is 0 Å². The fourth-order valence-corrected chi connectivity index (χ4v) is 6.84. The Balaban J connectivity index is 1.50. The molecule has 1 atom stereocenters. The third-order valence-electron chi connectivity index (χ3n) is 8.29. The number of hydrogen-bond donors (Lipinski definition) is 0. The fraction of sp³-hybridized carbons (Fsp3) is 0.485. The van der Waals surface area contributed by atoms with Gasteiger partial charge in [-0.3, -0.25) is 13.9 Å². The van der Waals surface area contributed by atoms with Gasteiger partial charge in [-0.2, -0.15) is 0 Å². The van der Waals surface area contributed by atoms with Gasteiger partial charge in [0.25, 0.3) is 0 Å². The number of fused-ring (bicyclic) bond motifs is 4. The Morgan fingerprint density at radius 3 is 2.59 bits per heavy atom. The number of likely N-dealkylation sites (tertiary alicyclic amines) is 1. The molecule has 1 aliphatic heterocycles. The highest BCUT2D eigenvalue weighted by Crippen LogP contribution is 2.38. The van der Waals surface area contributed by atoms with Gasteiger partial charge in [0.2, 0.25) is 0 Å². The quantitative estimate of drug-likeness (QED) is 0.135. The molecule has 1 saturated heterocycles. The Morgan fingerprint density at radius 1 is 1.09 bits per heavy atom. The lowest BCUT2D eigenvalue weighted by Crippen LogP contribution is -2.37. The zero-order valence-corrected chi connectivity index (χ0v) is 28.2. The van der Waals surface area contributed by atoms with Crippen molar-refractivity contribution < 1.29 is 19.0 Å². The van der Waals surface area contributed by atoms with Gasteiger partial charge in [0, 0.05) is 50.9 Å². The van der Waals surface area contributed by atoms with E-state index in [9.17, 15) is 4.79 Å². The highest BCUT2D eigenvalue weighted by molar-refractivity contribution is 6.76. The molecule has 1 amide bonds. The summed E-state index contributed by atoms with van der Waals surface area (Å²) < 4.78 is 24.2. The minimum Gasteiger partial charge on any atom is -0.497 e. The van der Waals surface area contributed by atoms with E-state index >= 15 is 0 Å². The molecule has 0 spiro atoms. The number of benzene rings is 1. The molecule has 234 valence electrons. The standard InChI is InChI=1S/C33H44N6O4Si/c1-33(2,3)43-32(40)37-13-9-10-27(37)31-35-19-22-18-34-30-29(39(22)31)17-28(38(30)21-42-14-15-44(6,7)8)25-20-36(4)26-12-11-23(41-5)16-24(25)26/h11-12,16-20,27H,9-10,13-15,21H2,1-8H3. The van der Waals surface area contributed by atoms with E-state index in [0.717, 1.165) is 69.3 Å². The maximum absolute atomic E-state index is 13.2. The number of aryl methyl sites for hydroxylation is 1. The molecule has 11 heteroatoms. The third-order valence-corrected chi connectivity index (χ3v) is 10.00. The fourth-order valence-electron chi connectivity index (χ4n) is 6.09. The van der Waals surface area contributed by atoms with E-state index in [4.69, 9.17) is 24.2 Å². The Morgan fingerprint density at radius 2 is 1.86 bits per heavy atom. The Kier molecular flexibility index (Phi) is 7.73. The van der Waals surface area contributed by atoms with E-state index in [1.807, 2.05) is 44.1 Å². The van der Waals surface area contributed by atoms with E-state index in [0.29, 0.717) is 19.9 Å². The molecule has 10 nitrogen and oxygen atoms in total. The van der Waals surface area contributed by atoms with Crippen LogP contribution in [-0.2, 0) is 23.3 Å². The molecule has 0 N–H and O–H groups in total. The average Bonchev–Trinajstić information content (AvgIpc) is 3.73. The zero-order chi connectivity index (χ0) is 31.4. The summed E-state index contributed by atoms with van der Waals surface area (Å²) in [4.78, 5) is 24.9. The maximum atomic E-state index is 13.2. The summed E-state index contributed by atoms with van der Waals surface area (Å²) >= 11 is 0. The minimum absolute atomic E-state index is 0.195. The van der Waals surface area contributed by atoms with Gasteiger partial charge in [-0.05, 0) is 63.9 Å². The Labute approximate surface area is 259 Å². The van der Waals surface area contributed by atoms with Gasteiger partial charge in [-0.15, -0.1) is 0 Å². The molecule has 4 aromatic heterocycles. The second kappa shape index (κ2) is 11.3. The number of hydrogen-bond acceptors (Lipinski definition) is 6. The van der Waals surface area contributed by atoms with Crippen molar-refractivity contribution in [3.63, 3.8) is 0 Å². The van der Waals surface area contributed by atoms with Gasteiger partial charge in [-0.1, -0.05) is 19.6 Å². The van der Waals surface area contributed by atoms with Crippen LogP contribution in [0.2, 0.25) is 25.7 Å². The summed E-state index contributed by atoms with van der Waals surface area (Å²) in [6.45, 7) is 14.5. The van der Waals surface area contributed by atoms with Crippen LogP contribution in [0.3, 0.4) is 0 Å². The van der Waals surface area contributed by atoms with Crippen molar-refractivity contribution in [2.45, 2.75) is 77.7 Å². The van der Waals surface area contributed by atoms with Crippen LogP contribution in [0.5, 0.6) is 5.75 Å². The highest BCUT2D eigenvalue weighted by Gasteiger charge is 2.36. The van der Waals surface area contributed by atoms with Crippen molar-refractivity contribution in [2.24, 2.45) is 7.05 Å². The molecule has 1 unspecified atom stereocenters. The SMILES string of the molecule is COc1ccc2c(c1)c(-c1cc3c(ncc4cnc(C5CCCN5C(=O)OC(C)(C)C)n43)n1COCC[Si](C)(C)C)cn2C. The van der Waals surface area contributed by atoms with Gasteiger partial charge >= 0.3 is 6.09 Å². The number of ether oxygens (including phenoxy) is 3. The number of amides is 1. The zero-order valence-electron chi connectivity index (χ0n) is 27.2. The molecular weight excluding hydrogens is 572 g/mol. The van der Waals surface area contributed by atoms with Crippen LogP contribution in [0.25, 0.3) is 38.8 Å². The summed E-state index contributed by atoms with van der Waals surface area (Å²) in [5.41, 5.74) is 5.22. The van der Waals surface area contributed by atoms with Gasteiger partial charge in [0.05, 0.1) is 42.3 Å². The van der Waals surface area contributed by atoms with Crippen LogP contribution >= 0.6 is 0 Å². The minimum atomic E-state index is -1.26. The summed E-state index contributed by atoms with van der Waals surface area (Å²) in [6, 6.07) is 9.23. The third kappa shape index (κ3) is 5.70. The average molecular weight is 617 g/mol. The normalized spacial score (nSPS) is 16.1. The number of carbonyl (C=O) groups excluding carboxylic acids is 1. The largest absolute Gasteiger partial charge is 0.497 e. The van der Waals surface area contributed by atoms with Gasteiger partial charge in [-0.25, -0.2) is 14.8 Å². The van der Waals surface area contributed by atoms with Gasteiger partial charge in [0.15, 0.2) is 5.65 Å². The van der Waals surface area contributed by atoms with E-state index in [1.54, 1.807) is 7.11 Å². The monoisotopic (exact) mass is 616 g/mol. The van der Waals surface area contributed by atoms with Gasteiger partial charge in [0.1, 0.15) is 23.9 Å². The predicted molar refractivity (Wildman–Crippen MR) is 176 cm³/mol. The van der Waals surface area contributed by atoms with Crippen molar-refractivity contribution in [2.75, 3.05) is 20.3 Å². The molecule has 0 saturated carbocycles. The van der Waals surface area contributed by atoms with Crippen LogP contribution in [0.1, 0.15) is 45.5 Å². The van der Waals surface area contributed by atoms with Crippen LogP contribution in [0.15, 0.2) is 42.9 Å². The van der Waals surface area contributed by atoms with Crippen molar-refractivity contribution in [3.8, 4) is 17.0 Å². The van der Waals surface area contributed by atoms with Crippen molar-refractivity contribution >= 4 is 41.8 Å². The molecule has 0 radical (unpaired) electrons. The van der Waals surface area contributed by atoms with E-state index < -0.39 is 13.7 Å². The lowest BCUT2D eigenvalue weighted by Gasteiger charge is -2.28. The summed E-state index contributed by atoms with van der Waals surface area (Å²) in [6.07, 6.45) is 7.27. The Bertz CT molecular complexity index is 1840. The van der Waals surface area contributed by atoms with Crippen LogP contribution in [-0.4, -0.2) is 68.4 Å². The molecule has 0 aliphatic carbocycles. The first kappa shape index (κ1) is 30.2. The number of aromatic nitrogens is 5. The molecule has 5 aromatic rings. The number of carbonyl (C=O) groups is 1. The molecule has 6 rings (SSSR count). The van der Waals surface area contributed by atoms with Crippen LogP contribution in [0, 0.1) is 0 Å². The first-order chi connectivity index (χ1) is 20.8. The summed E-state index contributed by atoms with van der Waals surface area (Å²) in [7, 11) is 2.50. The molecule has 1 aliphatic rings. The molecule has 44 heavy (non-hydrogen) atoms. The van der Waals surface area contributed by atoms with Crippen molar-refractivity contribution in [3.05, 3.63) is 48.7 Å². The molecule has 1 fully saturated rings. The number of rotatable bonds is 8. The lowest BCUT2D eigenvalue weighted by molar-refractivity contribution is 0.0218. The van der Waals surface area contributed by atoms with Gasteiger partial charge < -0.3 is 18.8 Å². The molecular formula is C33H44N6O4Si. The topological polar surface area (TPSA) is 88.1 Å². The lowest BCUT2D eigenvalue weighted by atomic mass is 10.1. The number of nitrogens with zero attached hydrogens (tertiary/aromatic N) is 6. The molecule has 5 heterocycles. The second-order valence-electron chi connectivity index (χ2n) is 14.0. The highest BCUT2D eigenvalue weighted by atomic mass is 28.3. The van der Waals surface area contributed by atoms with E-state index in [1.165, 1.54) is 0 Å². The number of imidazole rings is 1. The summed E-state index contributed by atoms with van der Waals surface area (Å²) in [5, 5.41) is 1.09. The van der Waals surface area contributed by atoms with E-state index in [2.05, 4.69) is 64.6 Å². The predicted octanol–water partition coefficient (Wildman–Crippen LogP) is 7.24. The second-order valence-corrected chi connectivity index (χ2v) is 19.6. The first-order valence-electron chi connectivity index (χ1n) is 15.4.